The third-order valence-corrected chi connectivity index (χ3v) is 3.79. The zero-order chi connectivity index (χ0) is 14.7. The van der Waals surface area contributed by atoms with E-state index in [9.17, 15) is 4.79 Å². The largest absolute Gasteiger partial charge is 0.342 e. The van der Waals surface area contributed by atoms with Gasteiger partial charge in [0.2, 0.25) is 17.6 Å². The topological polar surface area (TPSA) is 59.2 Å². The first kappa shape index (κ1) is 13.8. The van der Waals surface area contributed by atoms with E-state index in [1.54, 1.807) is 0 Å². The molecule has 0 radical (unpaired) electrons. The molecule has 0 aliphatic carbocycles. The first-order valence-electron chi connectivity index (χ1n) is 7.40. The van der Waals surface area contributed by atoms with Crippen LogP contribution in [0.5, 0.6) is 0 Å². The first-order valence-corrected chi connectivity index (χ1v) is 7.40. The van der Waals surface area contributed by atoms with Gasteiger partial charge in [0, 0.05) is 18.7 Å². The maximum Gasteiger partial charge on any atom is 0.236 e. The number of hydrogen-bond acceptors (Lipinski definition) is 4. The van der Waals surface area contributed by atoms with Crippen LogP contribution in [0.4, 0.5) is 0 Å². The number of aryl methyl sites for hydroxylation is 1. The summed E-state index contributed by atoms with van der Waals surface area (Å²) >= 11 is 0. The summed E-state index contributed by atoms with van der Waals surface area (Å²) in [6, 6.07) is 7.92. The average molecular weight is 285 g/mol. The average Bonchev–Trinajstić information content (AvgIpc) is 2.97. The van der Waals surface area contributed by atoms with E-state index in [0.29, 0.717) is 11.7 Å². The molecule has 0 spiro atoms. The Hall–Kier alpha value is -2.17. The van der Waals surface area contributed by atoms with E-state index in [1.165, 1.54) is 12.0 Å². The fourth-order valence-corrected chi connectivity index (χ4v) is 2.53. The maximum absolute atomic E-state index is 12.2. The van der Waals surface area contributed by atoms with Crippen LogP contribution < -0.4 is 0 Å². The van der Waals surface area contributed by atoms with Crippen LogP contribution in [0.25, 0.3) is 11.4 Å². The number of carbonyl (C=O) groups is 1. The highest BCUT2D eigenvalue weighted by Crippen LogP contribution is 2.17. The monoisotopic (exact) mass is 285 g/mol. The second-order valence-corrected chi connectivity index (χ2v) is 5.50. The molecule has 1 aliphatic heterocycles. The molecule has 0 bridgehead atoms. The third-order valence-electron chi connectivity index (χ3n) is 3.79. The zero-order valence-electron chi connectivity index (χ0n) is 12.2. The smallest absolute Gasteiger partial charge is 0.236 e. The van der Waals surface area contributed by atoms with Crippen molar-refractivity contribution in [1.29, 1.82) is 0 Å². The van der Waals surface area contributed by atoms with Crippen molar-refractivity contribution >= 4 is 5.91 Å². The SMILES string of the molecule is Cc1ccc(-c2noc(CC(=O)N3CCCCC3)n2)cc1. The van der Waals surface area contributed by atoms with Crippen LogP contribution in [0.15, 0.2) is 28.8 Å². The molecule has 1 fully saturated rings. The number of piperidine rings is 1. The molecule has 1 saturated heterocycles. The van der Waals surface area contributed by atoms with Gasteiger partial charge in [0.15, 0.2) is 0 Å². The molecule has 3 rings (SSSR count). The highest BCUT2D eigenvalue weighted by atomic mass is 16.5. The van der Waals surface area contributed by atoms with Crippen molar-refractivity contribution in [2.24, 2.45) is 0 Å². The predicted octanol–water partition coefficient (Wildman–Crippen LogP) is 2.60. The lowest BCUT2D eigenvalue weighted by atomic mass is 10.1. The molecular weight excluding hydrogens is 266 g/mol. The van der Waals surface area contributed by atoms with Gasteiger partial charge in [0.1, 0.15) is 6.42 Å². The van der Waals surface area contributed by atoms with Crippen molar-refractivity contribution < 1.29 is 9.32 Å². The van der Waals surface area contributed by atoms with Gasteiger partial charge in [-0.2, -0.15) is 4.98 Å². The number of benzene rings is 1. The van der Waals surface area contributed by atoms with Crippen LogP contribution in [0.2, 0.25) is 0 Å². The van der Waals surface area contributed by atoms with Crippen LogP contribution in [-0.2, 0) is 11.2 Å². The molecule has 1 aromatic heterocycles. The Bertz CT molecular complexity index is 613. The van der Waals surface area contributed by atoms with Crippen LogP contribution in [0, 0.1) is 6.92 Å². The Kier molecular flexibility index (Phi) is 3.99. The summed E-state index contributed by atoms with van der Waals surface area (Å²) in [7, 11) is 0. The van der Waals surface area contributed by atoms with Crippen molar-refractivity contribution in [3.63, 3.8) is 0 Å². The van der Waals surface area contributed by atoms with E-state index in [0.717, 1.165) is 31.5 Å². The number of carbonyl (C=O) groups excluding carboxylic acids is 1. The molecule has 0 unspecified atom stereocenters. The Balaban J connectivity index is 1.67. The number of nitrogens with zero attached hydrogens (tertiary/aromatic N) is 3. The standard InChI is InChI=1S/C16H19N3O2/c1-12-5-7-13(8-6-12)16-17-14(21-18-16)11-15(20)19-9-3-2-4-10-19/h5-8H,2-4,9-11H2,1H3. The number of aromatic nitrogens is 2. The summed E-state index contributed by atoms with van der Waals surface area (Å²) in [4.78, 5) is 18.4. The van der Waals surface area contributed by atoms with Gasteiger partial charge in [-0.3, -0.25) is 4.79 Å². The number of rotatable bonds is 3. The summed E-state index contributed by atoms with van der Waals surface area (Å²) in [5.74, 6) is 1.01. The lowest BCUT2D eigenvalue weighted by Gasteiger charge is -2.26. The highest BCUT2D eigenvalue weighted by molar-refractivity contribution is 5.78. The molecule has 1 amide bonds. The number of likely N-dealkylation sites (tertiary alicyclic amines) is 1. The van der Waals surface area contributed by atoms with Gasteiger partial charge in [-0.25, -0.2) is 0 Å². The number of amides is 1. The molecule has 1 aliphatic rings. The van der Waals surface area contributed by atoms with E-state index >= 15 is 0 Å². The molecule has 1 aromatic carbocycles. The van der Waals surface area contributed by atoms with Crippen LogP contribution in [0.3, 0.4) is 0 Å². The van der Waals surface area contributed by atoms with Crippen LogP contribution in [-0.4, -0.2) is 34.0 Å². The summed E-state index contributed by atoms with van der Waals surface area (Å²) in [5, 5.41) is 3.96. The molecule has 2 heterocycles. The minimum atomic E-state index is 0.0776. The molecule has 110 valence electrons. The lowest BCUT2D eigenvalue weighted by Crippen LogP contribution is -2.36. The highest BCUT2D eigenvalue weighted by Gasteiger charge is 2.19. The fraction of sp³-hybridized carbons (Fsp3) is 0.438. The molecule has 0 N–H and O–H groups in total. The van der Waals surface area contributed by atoms with Gasteiger partial charge >= 0.3 is 0 Å². The summed E-state index contributed by atoms with van der Waals surface area (Å²) in [6.45, 7) is 3.72. The first-order chi connectivity index (χ1) is 10.2. The molecular formula is C16H19N3O2. The van der Waals surface area contributed by atoms with Crippen LogP contribution in [0.1, 0.15) is 30.7 Å². The Morgan fingerprint density at radius 1 is 1.19 bits per heavy atom. The number of hydrogen-bond donors (Lipinski definition) is 0. The molecule has 0 atom stereocenters. The van der Waals surface area contributed by atoms with Gasteiger partial charge < -0.3 is 9.42 Å². The molecule has 0 saturated carbocycles. The van der Waals surface area contributed by atoms with Crippen molar-refractivity contribution in [1.82, 2.24) is 15.0 Å². The van der Waals surface area contributed by atoms with Crippen molar-refractivity contribution in [3.05, 3.63) is 35.7 Å². The normalized spacial score (nSPS) is 15.2. The van der Waals surface area contributed by atoms with E-state index in [2.05, 4.69) is 10.1 Å². The fourth-order valence-electron chi connectivity index (χ4n) is 2.53. The van der Waals surface area contributed by atoms with Crippen molar-refractivity contribution in [3.8, 4) is 11.4 Å². The van der Waals surface area contributed by atoms with Crippen molar-refractivity contribution in [2.75, 3.05) is 13.1 Å². The molecule has 5 heteroatoms. The predicted molar refractivity (Wildman–Crippen MR) is 78.6 cm³/mol. The van der Waals surface area contributed by atoms with E-state index in [-0.39, 0.29) is 12.3 Å². The second-order valence-electron chi connectivity index (χ2n) is 5.50. The van der Waals surface area contributed by atoms with Gasteiger partial charge in [0.25, 0.3) is 0 Å². The summed E-state index contributed by atoms with van der Waals surface area (Å²) in [6.07, 6.45) is 3.58. The maximum atomic E-state index is 12.2. The minimum Gasteiger partial charge on any atom is -0.342 e. The third kappa shape index (κ3) is 3.29. The van der Waals surface area contributed by atoms with Crippen molar-refractivity contribution in [2.45, 2.75) is 32.6 Å². The Morgan fingerprint density at radius 2 is 1.90 bits per heavy atom. The minimum absolute atomic E-state index is 0.0776. The van der Waals surface area contributed by atoms with E-state index in [4.69, 9.17) is 4.52 Å². The Labute approximate surface area is 124 Å². The zero-order valence-corrected chi connectivity index (χ0v) is 12.2. The molecule has 21 heavy (non-hydrogen) atoms. The van der Waals surface area contributed by atoms with Gasteiger partial charge in [-0.05, 0) is 26.2 Å². The van der Waals surface area contributed by atoms with Crippen LogP contribution >= 0.6 is 0 Å². The Morgan fingerprint density at radius 3 is 2.62 bits per heavy atom. The van der Waals surface area contributed by atoms with E-state index < -0.39 is 0 Å². The van der Waals surface area contributed by atoms with Gasteiger partial charge in [-0.15, -0.1) is 0 Å². The molecule has 5 nitrogen and oxygen atoms in total. The second kappa shape index (κ2) is 6.08. The quantitative estimate of drug-likeness (QED) is 0.869. The summed E-state index contributed by atoms with van der Waals surface area (Å²) in [5.41, 5.74) is 2.09. The van der Waals surface area contributed by atoms with Gasteiger partial charge in [0.05, 0.1) is 0 Å². The van der Waals surface area contributed by atoms with Gasteiger partial charge in [-0.1, -0.05) is 35.0 Å². The lowest BCUT2D eigenvalue weighted by molar-refractivity contribution is -0.131. The molecule has 2 aromatic rings. The summed E-state index contributed by atoms with van der Waals surface area (Å²) < 4.78 is 5.20. The van der Waals surface area contributed by atoms with E-state index in [1.807, 2.05) is 36.1 Å².